The van der Waals surface area contributed by atoms with Crippen molar-refractivity contribution in [1.82, 2.24) is 4.72 Å². The monoisotopic (exact) mass is 134 g/mol. The third kappa shape index (κ3) is 1.63. The van der Waals surface area contributed by atoms with Gasteiger partial charge in [-0.05, 0) is 6.42 Å². The molecule has 1 heterocycles. The zero-order chi connectivity index (χ0) is 6.04. The van der Waals surface area contributed by atoms with Gasteiger partial charge in [-0.15, -0.1) is 4.72 Å². The van der Waals surface area contributed by atoms with Crippen LogP contribution in [-0.2, 0) is 0 Å². The van der Waals surface area contributed by atoms with Crippen molar-refractivity contribution < 1.29 is 10.2 Å². The lowest BCUT2D eigenvalue weighted by atomic mass is 10.3. The summed E-state index contributed by atoms with van der Waals surface area (Å²) in [6.07, 6.45) is 1.21. The summed E-state index contributed by atoms with van der Waals surface area (Å²) in [6.45, 7) is 0. The van der Waals surface area contributed by atoms with Crippen LogP contribution in [0.5, 0.6) is 0 Å². The molecule has 47 valence electrons. The van der Waals surface area contributed by atoms with E-state index in [0.29, 0.717) is 6.42 Å². The van der Waals surface area contributed by atoms with E-state index >= 15 is 0 Å². The molecule has 0 amide bonds. The molecule has 2 N–H and O–H groups in total. The Morgan fingerprint density at radius 1 is 1.50 bits per heavy atom. The summed E-state index contributed by atoms with van der Waals surface area (Å²) in [5.41, 5.74) is 0. The fraction of sp³-hybridized carbons (Fsp3) is 1.00. The molecule has 1 radical (unpaired) electrons. The molecular formula is C4H8NO2S. The quantitative estimate of drug-likeness (QED) is 0.352. The Kier molecular flexibility index (Phi) is 1.77. The van der Waals surface area contributed by atoms with Crippen LogP contribution in [0.25, 0.3) is 0 Å². The van der Waals surface area contributed by atoms with Gasteiger partial charge in [0, 0.05) is 12.2 Å². The third-order valence-corrected chi connectivity index (χ3v) is 1.85. The van der Waals surface area contributed by atoms with E-state index in [1.54, 1.807) is 0 Å². The highest BCUT2D eigenvalue weighted by Crippen LogP contribution is 2.19. The topological polar surface area (TPSA) is 54.6 Å². The number of aliphatic hydroxyl groups is 2. The molecule has 1 aliphatic rings. The lowest BCUT2D eigenvalue weighted by molar-refractivity contribution is -0.176. The first kappa shape index (κ1) is 6.35. The van der Waals surface area contributed by atoms with E-state index in [0.717, 1.165) is 12.2 Å². The van der Waals surface area contributed by atoms with E-state index in [2.05, 4.69) is 4.72 Å². The molecule has 1 aliphatic heterocycles. The lowest BCUT2D eigenvalue weighted by Crippen LogP contribution is -2.38. The van der Waals surface area contributed by atoms with E-state index in [-0.39, 0.29) is 0 Å². The van der Waals surface area contributed by atoms with Crippen LogP contribution < -0.4 is 4.72 Å². The van der Waals surface area contributed by atoms with E-state index in [4.69, 9.17) is 10.2 Å². The van der Waals surface area contributed by atoms with Crippen molar-refractivity contribution in [2.75, 3.05) is 5.75 Å². The van der Waals surface area contributed by atoms with Crippen molar-refractivity contribution in [3.05, 3.63) is 0 Å². The minimum absolute atomic E-state index is 0.375. The second-order valence-electron chi connectivity index (χ2n) is 1.80. The van der Waals surface area contributed by atoms with Crippen molar-refractivity contribution in [2.45, 2.75) is 18.8 Å². The van der Waals surface area contributed by atoms with Gasteiger partial charge in [-0.25, -0.2) is 0 Å². The maximum atomic E-state index is 8.74. The molecule has 3 nitrogen and oxygen atoms in total. The van der Waals surface area contributed by atoms with Crippen LogP contribution in [0.1, 0.15) is 12.8 Å². The zero-order valence-corrected chi connectivity index (χ0v) is 5.19. The molecule has 8 heavy (non-hydrogen) atoms. The van der Waals surface area contributed by atoms with Crippen LogP contribution in [0.4, 0.5) is 0 Å². The first-order chi connectivity index (χ1) is 3.71. The van der Waals surface area contributed by atoms with Gasteiger partial charge in [0.05, 0.1) is 0 Å². The van der Waals surface area contributed by atoms with Crippen LogP contribution in [0.2, 0.25) is 0 Å². The molecule has 0 aromatic rings. The van der Waals surface area contributed by atoms with Gasteiger partial charge in [0.1, 0.15) is 0 Å². The Balaban J connectivity index is 2.33. The predicted molar refractivity (Wildman–Crippen MR) is 31.0 cm³/mol. The molecule has 0 aliphatic carbocycles. The van der Waals surface area contributed by atoms with Gasteiger partial charge in [-0.2, -0.15) is 0 Å². The van der Waals surface area contributed by atoms with Gasteiger partial charge < -0.3 is 10.2 Å². The highest BCUT2D eigenvalue weighted by molar-refractivity contribution is 7.97. The van der Waals surface area contributed by atoms with Crippen LogP contribution in [0.15, 0.2) is 0 Å². The molecular weight excluding hydrogens is 126 g/mol. The Labute approximate surface area is 52.2 Å². The van der Waals surface area contributed by atoms with Crippen LogP contribution >= 0.6 is 11.9 Å². The van der Waals surface area contributed by atoms with E-state index in [1.165, 1.54) is 11.9 Å². The van der Waals surface area contributed by atoms with E-state index in [9.17, 15) is 0 Å². The fourth-order valence-electron chi connectivity index (χ4n) is 0.569. The van der Waals surface area contributed by atoms with Gasteiger partial charge >= 0.3 is 0 Å². The van der Waals surface area contributed by atoms with E-state index in [1.807, 2.05) is 0 Å². The van der Waals surface area contributed by atoms with Gasteiger partial charge in [0.25, 0.3) is 0 Å². The molecule has 1 rings (SSSR count). The molecule has 0 unspecified atom stereocenters. The van der Waals surface area contributed by atoms with Crippen molar-refractivity contribution in [3.8, 4) is 0 Å². The van der Waals surface area contributed by atoms with Crippen molar-refractivity contribution in [1.29, 1.82) is 0 Å². The van der Waals surface area contributed by atoms with Crippen LogP contribution in [-0.4, -0.2) is 21.9 Å². The average Bonchev–Trinajstić information content (AvgIpc) is 1.65. The Bertz CT molecular complexity index is 78.1. The second-order valence-corrected chi connectivity index (χ2v) is 2.65. The summed E-state index contributed by atoms with van der Waals surface area (Å²) in [7, 11) is 0. The van der Waals surface area contributed by atoms with Gasteiger partial charge in [0.15, 0.2) is 0 Å². The SMILES string of the molecule is OC1(O)CCCS[N]1. The normalized spacial score (nSPS) is 27.8. The van der Waals surface area contributed by atoms with Crippen LogP contribution in [0.3, 0.4) is 0 Å². The molecule has 0 aromatic heterocycles. The smallest absolute Gasteiger partial charge is 0.248 e. The summed E-state index contributed by atoms with van der Waals surface area (Å²) in [6, 6.07) is 0. The molecule has 0 bridgehead atoms. The second kappa shape index (κ2) is 2.23. The van der Waals surface area contributed by atoms with Crippen molar-refractivity contribution in [2.24, 2.45) is 0 Å². The summed E-state index contributed by atoms with van der Waals surface area (Å²) in [5, 5.41) is 17.5. The Morgan fingerprint density at radius 2 is 2.25 bits per heavy atom. The maximum absolute atomic E-state index is 8.74. The standard InChI is InChI=1S/C4H8NO2S/c6-4(7)2-1-3-8-5-4/h6-7H,1-3H2. The Morgan fingerprint density at radius 3 is 2.50 bits per heavy atom. The van der Waals surface area contributed by atoms with Crippen molar-refractivity contribution in [3.63, 3.8) is 0 Å². The maximum Gasteiger partial charge on any atom is 0.248 e. The highest BCUT2D eigenvalue weighted by atomic mass is 32.2. The fourth-order valence-corrected chi connectivity index (χ4v) is 1.23. The largest absolute Gasteiger partial charge is 0.352 e. The zero-order valence-electron chi connectivity index (χ0n) is 4.37. The first-order valence-electron chi connectivity index (χ1n) is 2.50. The number of nitrogens with zero attached hydrogens (tertiary/aromatic N) is 1. The molecule has 0 aromatic carbocycles. The molecule has 1 saturated heterocycles. The van der Waals surface area contributed by atoms with Crippen molar-refractivity contribution >= 4 is 11.9 Å². The van der Waals surface area contributed by atoms with Gasteiger partial charge in [0.2, 0.25) is 5.91 Å². The lowest BCUT2D eigenvalue weighted by Gasteiger charge is -2.23. The summed E-state index contributed by atoms with van der Waals surface area (Å²) >= 11 is 1.23. The minimum Gasteiger partial charge on any atom is -0.352 e. The summed E-state index contributed by atoms with van der Waals surface area (Å²) < 4.78 is 3.49. The summed E-state index contributed by atoms with van der Waals surface area (Å²) in [4.78, 5) is 0. The van der Waals surface area contributed by atoms with Gasteiger partial charge in [-0.1, -0.05) is 11.9 Å². The highest BCUT2D eigenvalue weighted by Gasteiger charge is 2.27. The number of hydrogen-bond acceptors (Lipinski definition) is 3. The molecule has 0 spiro atoms. The summed E-state index contributed by atoms with van der Waals surface area (Å²) in [5.74, 6) is -0.828. The van der Waals surface area contributed by atoms with E-state index < -0.39 is 5.91 Å². The third-order valence-electron chi connectivity index (χ3n) is 0.959. The molecule has 1 fully saturated rings. The molecule has 4 heteroatoms. The molecule has 0 atom stereocenters. The minimum atomic E-state index is -1.73. The average molecular weight is 134 g/mol. The Hall–Kier alpha value is 0.230. The van der Waals surface area contributed by atoms with Gasteiger partial charge in [-0.3, -0.25) is 0 Å². The first-order valence-corrected chi connectivity index (χ1v) is 3.44. The van der Waals surface area contributed by atoms with Crippen LogP contribution in [0, 0.1) is 0 Å². The number of hydrogen-bond donors (Lipinski definition) is 2. The number of rotatable bonds is 0. The predicted octanol–water partition coefficient (Wildman–Crippen LogP) is -0.329. The molecule has 0 saturated carbocycles.